The topological polar surface area (TPSA) is 30.7 Å². The zero-order valence-corrected chi connectivity index (χ0v) is 16.4. The molecule has 0 aliphatic rings. The standard InChI is InChI=1S/C18H17BrClN3S/c1-2-23-17(11-13-5-9-16(20)10-6-13)21-22-18(23)24-12-14-3-7-15(19)8-4-14/h3-10H,2,11-12H2,1H3. The molecule has 3 rings (SSSR count). The van der Waals surface area contributed by atoms with Crippen molar-refractivity contribution in [2.75, 3.05) is 0 Å². The van der Waals surface area contributed by atoms with E-state index in [0.29, 0.717) is 0 Å². The van der Waals surface area contributed by atoms with E-state index in [2.05, 4.69) is 61.9 Å². The molecule has 2 aromatic carbocycles. The molecule has 0 spiro atoms. The molecule has 0 radical (unpaired) electrons. The highest BCUT2D eigenvalue weighted by Gasteiger charge is 2.12. The minimum atomic E-state index is 0.751. The predicted octanol–water partition coefficient (Wildman–Crippen LogP) is 5.60. The van der Waals surface area contributed by atoms with Crippen LogP contribution in [0.2, 0.25) is 5.02 Å². The van der Waals surface area contributed by atoms with E-state index in [1.54, 1.807) is 11.8 Å². The van der Waals surface area contributed by atoms with Crippen LogP contribution in [0.1, 0.15) is 23.9 Å². The van der Waals surface area contributed by atoms with Gasteiger partial charge in [-0.15, -0.1) is 10.2 Å². The molecule has 0 atom stereocenters. The van der Waals surface area contributed by atoms with Gasteiger partial charge in [-0.05, 0) is 42.3 Å². The third kappa shape index (κ3) is 4.41. The molecule has 0 bridgehead atoms. The van der Waals surface area contributed by atoms with Gasteiger partial charge >= 0.3 is 0 Å². The fourth-order valence-electron chi connectivity index (χ4n) is 2.39. The van der Waals surface area contributed by atoms with Crippen LogP contribution in [0.25, 0.3) is 0 Å². The quantitative estimate of drug-likeness (QED) is 0.485. The third-order valence-electron chi connectivity index (χ3n) is 3.67. The van der Waals surface area contributed by atoms with Crippen molar-refractivity contribution in [2.45, 2.75) is 30.8 Å². The maximum Gasteiger partial charge on any atom is 0.191 e. The Morgan fingerprint density at radius 1 is 1.00 bits per heavy atom. The number of thioether (sulfide) groups is 1. The van der Waals surface area contributed by atoms with Crippen molar-refractivity contribution in [1.29, 1.82) is 0 Å². The van der Waals surface area contributed by atoms with Crippen molar-refractivity contribution in [3.05, 3.63) is 75.0 Å². The highest BCUT2D eigenvalue weighted by Crippen LogP contribution is 2.24. The van der Waals surface area contributed by atoms with Crippen LogP contribution in [0.3, 0.4) is 0 Å². The molecule has 0 fully saturated rings. The number of nitrogens with zero attached hydrogens (tertiary/aromatic N) is 3. The van der Waals surface area contributed by atoms with E-state index in [9.17, 15) is 0 Å². The predicted molar refractivity (Wildman–Crippen MR) is 104 cm³/mol. The number of aromatic nitrogens is 3. The average Bonchev–Trinajstić information content (AvgIpc) is 2.98. The Labute approximate surface area is 159 Å². The van der Waals surface area contributed by atoms with Gasteiger partial charge in [-0.2, -0.15) is 0 Å². The second kappa shape index (κ2) is 8.19. The highest BCUT2D eigenvalue weighted by atomic mass is 79.9. The second-order valence-corrected chi connectivity index (χ2v) is 7.66. The summed E-state index contributed by atoms with van der Waals surface area (Å²) in [5, 5.41) is 10.5. The Hall–Kier alpha value is -1.30. The molecule has 0 saturated carbocycles. The van der Waals surface area contributed by atoms with Gasteiger partial charge in [-0.3, -0.25) is 0 Å². The first-order valence-corrected chi connectivity index (χ1v) is 9.85. The van der Waals surface area contributed by atoms with Crippen LogP contribution in [0, 0.1) is 0 Å². The molecule has 0 unspecified atom stereocenters. The maximum absolute atomic E-state index is 5.95. The Balaban J connectivity index is 1.71. The largest absolute Gasteiger partial charge is 0.306 e. The monoisotopic (exact) mass is 421 g/mol. The lowest BCUT2D eigenvalue weighted by atomic mass is 10.1. The summed E-state index contributed by atoms with van der Waals surface area (Å²) in [6.07, 6.45) is 0.761. The SMILES string of the molecule is CCn1c(Cc2ccc(Cl)cc2)nnc1SCc1ccc(Br)cc1. The number of rotatable bonds is 6. The lowest BCUT2D eigenvalue weighted by molar-refractivity contribution is 0.651. The van der Waals surface area contributed by atoms with Crippen molar-refractivity contribution < 1.29 is 0 Å². The van der Waals surface area contributed by atoms with Crippen LogP contribution in [0.4, 0.5) is 0 Å². The van der Waals surface area contributed by atoms with E-state index in [-0.39, 0.29) is 0 Å². The van der Waals surface area contributed by atoms with Gasteiger partial charge in [0.25, 0.3) is 0 Å². The van der Waals surface area contributed by atoms with Gasteiger partial charge in [0.15, 0.2) is 5.16 Å². The lowest BCUT2D eigenvalue weighted by Gasteiger charge is -2.07. The minimum absolute atomic E-state index is 0.751. The maximum atomic E-state index is 5.95. The molecule has 1 heterocycles. The lowest BCUT2D eigenvalue weighted by Crippen LogP contribution is -2.04. The van der Waals surface area contributed by atoms with Crippen molar-refractivity contribution in [3.63, 3.8) is 0 Å². The molecular formula is C18H17BrClN3S. The smallest absolute Gasteiger partial charge is 0.191 e. The van der Waals surface area contributed by atoms with Crippen LogP contribution in [0.5, 0.6) is 0 Å². The molecule has 6 heteroatoms. The van der Waals surface area contributed by atoms with Gasteiger partial charge in [0.1, 0.15) is 5.82 Å². The summed E-state index contributed by atoms with van der Waals surface area (Å²) in [5.74, 6) is 1.87. The fourth-order valence-corrected chi connectivity index (χ4v) is 3.75. The zero-order chi connectivity index (χ0) is 16.9. The van der Waals surface area contributed by atoms with Crippen molar-refractivity contribution in [3.8, 4) is 0 Å². The van der Waals surface area contributed by atoms with E-state index in [1.807, 2.05) is 24.3 Å². The summed E-state index contributed by atoms with van der Waals surface area (Å²) in [7, 11) is 0. The molecular weight excluding hydrogens is 406 g/mol. The van der Waals surface area contributed by atoms with Crippen LogP contribution < -0.4 is 0 Å². The van der Waals surface area contributed by atoms with E-state index in [4.69, 9.17) is 11.6 Å². The normalized spacial score (nSPS) is 11.0. The summed E-state index contributed by atoms with van der Waals surface area (Å²) >= 11 is 11.1. The van der Waals surface area contributed by atoms with E-state index >= 15 is 0 Å². The van der Waals surface area contributed by atoms with Gasteiger partial charge < -0.3 is 4.57 Å². The average molecular weight is 423 g/mol. The molecule has 1 aromatic heterocycles. The third-order valence-corrected chi connectivity index (χ3v) is 5.48. The minimum Gasteiger partial charge on any atom is -0.306 e. The Morgan fingerprint density at radius 3 is 2.33 bits per heavy atom. The van der Waals surface area contributed by atoms with Gasteiger partial charge in [0, 0.05) is 28.2 Å². The van der Waals surface area contributed by atoms with Crippen molar-refractivity contribution in [2.24, 2.45) is 0 Å². The summed E-state index contributed by atoms with van der Waals surface area (Å²) in [4.78, 5) is 0. The Bertz CT molecular complexity index is 800. The fraction of sp³-hybridized carbons (Fsp3) is 0.222. The molecule has 124 valence electrons. The van der Waals surface area contributed by atoms with E-state index < -0.39 is 0 Å². The number of benzene rings is 2. The first-order chi connectivity index (χ1) is 11.7. The molecule has 0 aliphatic carbocycles. The van der Waals surface area contributed by atoms with Crippen LogP contribution in [-0.2, 0) is 18.7 Å². The second-order valence-electron chi connectivity index (χ2n) is 5.36. The Kier molecular flexibility index (Phi) is 5.98. The molecule has 0 amide bonds. The molecule has 0 saturated heterocycles. The summed E-state index contributed by atoms with van der Waals surface area (Å²) in [5.41, 5.74) is 2.46. The van der Waals surface area contributed by atoms with Crippen molar-refractivity contribution in [1.82, 2.24) is 14.8 Å². The zero-order valence-electron chi connectivity index (χ0n) is 13.2. The summed E-state index contributed by atoms with van der Waals surface area (Å²) < 4.78 is 3.27. The molecule has 0 aliphatic heterocycles. The van der Waals surface area contributed by atoms with Gasteiger partial charge in [0.05, 0.1) is 0 Å². The summed E-state index contributed by atoms with van der Waals surface area (Å²) in [6, 6.07) is 16.3. The molecule has 3 aromatic rings. The van der Waals surface area contributed by atoms with Crippen LogP contribution >= 0.6 is 39.3 Å². The molecule has 0 N–H and O–H groups in total. The summed E-state index contributed by atoms with van der Waals surface area (Å²) in [6.45, 7) is 2.98. The van der Waals surface area contributed by atoms with E-state index in [0.717, 1.165) is 39.2 Å². The van der Waals surface area contributed by atoms with Crippen molar-refractivity contribution >= 4 is 39.3 Å². The van der Waals surface area contributed by atoms with Crippen LogP contribution in [0.15, 0.2) is 58.2 Å². The first kappa shape index (κ1) is 17.5. The highest BCUT2D eigenvalue weighted by molar-refractivity contribution is 9.10. The Morgan fingerprint density at radius 2 is 1.67 bits per heavy atom. The number of hydrogen-bond donors (Lipinski definition) is 0. The van der Waals surface area contributed by atoms with Crippen LogP contribution in [-0.4, -0.2) is 14.8 Å². The number of hydrogen-bond acceptors (Lipinski definition) is 3. The van der Waals surface area contributed by atoms with E-state index in [1.165, 1.54) is 11.1 Å². The number of halogens is 2. The van der Waals surface area contributed by atoms with Gasteiger partial charge in [-0.1, -0.05) is 63.6 Å². The van der Waals surface area contributed by atoms with Gasteiger partial charge in [-0.25, -0.2) is 0 Å². The van der Waals surface area contributed by atoms with Gasteiger partial charge in [0.2, 0.25) is 0 Å². The molecule has 24 heavy (non-hydrogen) atoms. The molecule has 3 nitrogen and oxygen atoms in total. The first-order valence-electron chi connectivity index (χ1n) is 7.69.